The number of ether oxygens (including phenoxy) is 2. The van der Waals surface area contributed by atoms with Crippen LogP contribution in [0.4, 0.5) is 0 Å². The average Bonchev–Trinajstić information content (AvgIpc) is 2.68. The molecule has 0 aliphatic heterocycles. The number of hydrogen-bond donors (Lipinski definition) is 3. The first-order valence-electron chi connectivity index (χ1n) is 9.84. The summed E-state index contributed by atoms with van der Waals surface area (Å²) in [4.78, 5) is 12.3. The summed E-state index contributed by atoms with van der Waals surface area (Å²) in [5.74, 6) is 0.914. The molecular formula is C21H35NO5. The molecule has 0 heterocycles. The van der Waals surface area contributed by atoms with Crippen LogP contribution in [-0.4, -0.2) is 49.1 Å². The van der Waals surface area contributed by atoms with Crippen LogP contribution in [0.25, 0.3) is 0 Å². The van der Waals surface area contributed by atoms with Crippen LogP contribution in [0, 0.1) is 0 Å². The molecule has 0 aromatic heterocycles. The van der Waals surface area contributed by atoms with Gasteiger partial charge in [0, 0.05) is 0 Å². The van der Waals surface area contributed by atoms with Crippen LogP contribution >= 0.6 is 0 Å². The van der Waals surface area contributed by atoms with Gasteiger partial charge in [-0.1, -0.05) is 51.5 Å². The van der Waals surface area contributed by atoms with Crippen LogP contribution in [0.3, 0.4) is 0 Å². The third kappa shape index (κ3) is 8.63. The quantitative estimate of drug-likeness (QED) is 0.431. The maximum Gasteiger partial charge on any atom is 0.224 e. The lowest BCUT2D eigenvalue weighted by molar-refractivity contribution is -0.122. The Morgan fingerprint density at radius 3 is 2.37 bits per heavy atom. The van der Waals surface area contributed by atoms with E-state index in [1.165, 1.54) is 19.3 Å². The smallest absolute Gasteiger partial charge is 0.224 e. The lowest BCUT2D eigenvalue weighted by atomic mass is 10.0. The number of hydrogen-bond acceptors (Lipinski definition) is 5. The molecular weight excluding hydrogens is 346 g/mol. The predicted molar refractivity (Wildman–Crippen MR) is 106 cm³/mol. The number of carbonyl (C=O) groups excluding carboxylic acids is 1. The fourth-order valence-electron chi connectivity index (χ4n) is 3.03. The molecule has 0 radical (unpaired) electrons. The number of rotatable bonds is 14. The molecule has 2 atom stereocenters. The van der Waals surface area contributed by atoms with Crippen molar-refractivity contribution >= 4 is 5.91 Å². The minimum Gasteiger partial charge on any atom is -0.493 e. The lowest BCUT2D eigenvalue weighted by Gasteiger charge is -2.22. The largest absolute Gasteiger partial charge is 0.493 e. The van der Waals surface area contributed by atoms with Gasteiger partial charge in [-0.25, -0.2) is 0 Å². The molecule has 0 bridgehead atoms. The molecule has 0 saturated heterocycles. The van der Waals surface area contributed by atoms with Gasteiger partial charge in [0.2, 0.25) is 5.91 Å². The van der Waals surface area contributed by atoms with Crippen LogP contribution in [-0.2, 0) is 11.2 Å². The lowest BCUT2D eigenvalue weighted by Crippen LogP contribution is -2.46. The number of methoxy groups -OCH3 is 2. The Morgan fingerprint density at radius 1 is 1.07 bits per heavy atom. The number of unbranched alkanes of at least 4 members (excludes halogenated alkanes) is 5. The highest BCUT2D eigenvalue weighted by Gasteiger charge is 2.20. The third-order valence-electron chi connectivity index (χ3n) is 4.67. The summed E-state index contributed by atoms with van der Waals surface area (Å²) in [6.07, 6.45) is 6.77. The van der Waals surface area contributed by atoms with E-state index in [1.54, 1.807) is 32.4 Å². The minimum atomic E-state index is -0.740. The van der Waals surface area contributed by atoms with Gasteiger partial charge in [-0.3, -0.25) is 4.79 Å². The predicted octanol–water partition coefficient (Wildman–Crippen LogP) is 2.83. The summed E-state index contributed by atoms with van der Waals surface area (Å²) in [5, 5.41) is 22.5. The molecule has 1 aromatic carbocycles. The molecule has 0 saturated carbocycles. The Balaban J connectivity index is 2.45. The summed E-state index contributed by atoms with van der Waals surface area (Å²) in [6.45, 7) is 1.90. The highest BCUT2D eigenvalue weighted by Crippen LogP contribution is 2.27. The van der Waals surface area contributed by atoms with E-state index in [2.05, 4.69) is 12.2 Å². The van der Waals surface area contributed by atoms with Crippen molar-refractivity contribution in [2.24, 2.45) is 0 Å². The second kappa shape index (κ2) is 13.4. The molecule has 1 unspecified atom stereocenters. The van der Waals surface area contributed by atoms with Crippen LogP contribution in [0.2, 0.25) is 0 Å². The maximum absolute atomic E-state index is 12.3. The first kappa shape index (κ1) is 23.2. The number of nitrogens with one attached hydrogen (secondary N) is 1. The maximum atomic E-state index is 12.3. The van der Waals surface area contributed by atoms with E-state index in [1.807, 2.05) is 0 Å². The van der Waals surface area contributed by atoms with Crippen molar-refractivity contribution in [2.75, 3.05) is 20.8 Å². The van der Waals surface area contributed by atoms with Crippen LogP contribution in [0.5, 0.6) is 11.5 Å². The highest BCUT2D eigenvalue weighted by atomic mass is 16.5. The highest BCUT2D eigenvalue weighted by molar-refractivity contribution is 5.79. The SMILES string of the molecule is CCCCCCCCC(O)[C@H](CO)NC(=O)Cc1ccc(OC)c(OC)c1. The topological polar surface area (TPSA) is 88.0 Å². The van der Waals surface area contributed by atoms with E-state index in [9.17, 15) is 15.0 Å². The van der Waals surface area contributed by atoms with Crippen molar-refractivity contribution in [1.82, 2.24) is 5.32 Å². The fraction of sp³-hybridized carbons (Fsp3) is 0.667. The Bertz CT molecular complexity index is 549. The second-order valence-electron chi connectivity index (χ2n) is 6.85. The zero-order valence-corrected chi connectivity index (χ0v) is 16.9. The molecule has 6 heteroatoms. The zero-order chi connectivity index (χ0) is 20.1. The van der Waals surface area contributed by atoms with E-state index >= 15 is 0 Å². The second-order valence-corrected chi connectivity index (χ2v) is 6.85. The van der Waals surface area contributed by atoms with Gasteiger partial charge in [0.05, 0.1) is 39.4 Å². The van der Waals surface area contributed by atoms with E-state index in [0.717, 1.165) is 24.8 Å². The molecule has 0 fully saturated rings. The van der Waals surface area contributed by atoms with Crippen molar-refractivity contribution in [3.05, 3.63) is 23.8 Å². The van der Waals surface area contributed by atoms with Crippen LogP contribution in [0.15, 0.2) is 18.2 Å². The molecule has 154 valence electrons. The number of benzene rings is 1. The van der Waals surface area contributed by atoms with Gasteiger partial charge in [0.1, 0.15) is 0 Å². The Kier molecular flexibility index (Phi) is 11.5. The first-order valence-corrected chi connectivity index (χ1v) is 9.84. The van der Waals surface area contributed by atoms with E-state index in [-0.39, 0.29) is 18.9 Å². The molecule has 3 N–H and O–H groups in total. The van der Waals surface area contributed by atoms with Gasteiger partial charge in [-0.05, 0) is 24.1 Å². The molecule has 0 aliphatic rings. The van der Waals surface area contributed by atoms with E-state index < -0.39 is 12.1 Å². The van der Waals surface area contributed by atoms with Crippen molar-refractivity contribution < 1.29 is 24.5 Å². The summed E-state index contributed by atoms with van der Waals surface area (Å²) in [6, 6.07) is 4.65. The molecule has 6 nitrogen and oxygen atoms in total. The van der Waals surface area contributed by atoms with Gasteiger partial charge in [-0.15, -0.1) is 0 Å². The number of carbonyl (C=O) groups is 1. The zero-order valence-electron chi connectivity index (χ0n) is 16.9. The Labute approximate surface area is 162 Å². The van der Waals surface area contributed by atoms with Crippen LogP contribution < -0.4 is 14.8 Å². The van der Waals surface area contributed by atoms with Gasteiger partial charge >= 0.3 is 0 Å². The molecule has 1 amide bonds. The number of aliphatic hydroxyl groups is 2. The average molecular weight is 382 g/mol. The van der Waals surface area contributed by atoms with Gasteiger partial charge in [0.25, 0.3) is 0 Å². The van der Waals surface area contributed by atoms with Crippen molar-refractivity contribution in [3.63, 3.8) is 0 Å². The molecule has 0 spiro atoms. The summed E-state index contributed by atoms with van der Waals surface area (Å²) < 4.78 is 10.4. The Morgan fingerprint density at radius 2 is 1.74 bits per heavy atom. The normalized spacial score (nSPS) is 13.1. The summed E-state index contributed by atoms with van der Waals surface area (Å²) >= 11 is 0. The molecule has 1 rings (SSSR count). The van der Waals surface area contributed by atoms with Crippen molar-refractivity contribution in [1.29, 1.82) is 0 Å². The van der Waals surface area contributed by atoms with Gasteiger partial charge in [-0.2, -0.15) is 0 Å². The number of aliphatic hydroxyl groups excluding tert-OH is 2. The Hall–Kier alpha value is -1.79. The third-order valence-corrected chi connectivity index (χ3v) is 4.67. The van der Waals surface area contributed by atoms with Gasteiger partial charge < -0.3 is 25.0 Å². The van der Waals surface area contributed by atoms with E-state index in [4.69, 9.17) is 9.47 Å². The van der Waals surface area contributed by atoms with Crippen molar-refractivity contribution in [3.8, 4) is 11.5 Å². The summed E-state index contributed by atoms with van der Waals surface area (Å²) in [5.41, 5.74) is 0.771. The number of amides is 1. The van der Waals surface area contributed by atoms with Gasteiger partial charge in [0.15, 0.2) is 11.5 Å². The first-order chi connectivity index (χ1) is 13.0. The monoisotopic (exact) mass is 381 g/mol. The molecule has 0 aliphatic carbocycles. The minimum absolute atomic E-state index is 0.139. The molecule has 1 aromatic rings. The fourth-order valence-corrected chi connectivity index (χ4v) is 3.03. The molecule has 27 heavy (non-hydrogen) atoms. The van der Waals surface area contributed by atoms with E-state index in [0.29, 0.717) is 17.9 Å². The summed E-state index contributed by atoms with van der Waals surface area (Å²) in [7, 11) is 3.10. The van der Waals surface area contributed by atoms with Crippen molar-refractivity contribution in [2.45, 2.75) is 70.4 Å². The van der Waals surface area contributed by atoms with Crippen LogP contribution in [0.1, 0.15) is 57.4 Å². The standard InChI is InChI=1S/C21H35NO5/c1-4-5-6-7-8-9-10-18(24)17(15-23)22-21(25)14-16-11-12-19(26-2)20(13-16)27-3/h11-13,17-18,23-24H,4-10,14-15H2,1-3H3,(H,22,25)/t17-,18?/m0/s1.